The molecule has 2 rings (SSSR count). The summed E-state index contributed by atoms with van der Waals surface area (Å²) in [5.74, 6) is -0.301. The molecule has 1 N–H and O–H groups in total. The van der Waals surface area contributed by atoms with Crippen LogP contribution in [0.1, 0.15) is 12.8 Å². The number of nitrogens with one attached hydrogen (secondary N) is 1. The first-order chi connectivity index (χ1) is 8.88. The molecule has 19 heavy (non-hydrogen) atoms. The Kier molecular flexibility index (Phi) is 4.13. The van der Waals surface area contributed by atoms with Crippen LogP contribution in [0.4, 0.5) is 5.69 Å². The third-order valence-electron chi connectivity index (χ3n) is 3.04. The highest BCUT2D eigenvalue weighted by Gasteiger charge is 2.36. The van der Waals surface area contributed by atoms with Crippen molar-refractivity contribution < 1.29 is 13.2 Å². The Morgan fingerprint density at radius 3 is 2.58 bits per heavy atom. The number of sulfonamides is 1. The van der Waals surface area contributed by atoms with Gasteiger partial charge in [0.25, 0.3) is 0 Å². The van der Waals surface area contributed by atoms with Crippen LogP contribution >= 0.6 is 11.6 Å². The fourth-order valence-electron chi connectivity index (χ4n) is 2.16. The summed E-state index contributed by atoms with van der Waals surface area (Å²) < 4.78 is 24.4. The van der Waals surface area contributed by atoms with Gasteiger partial charge in [-0.15, -0.1) is 0 Å². The van der Waals surface area contributed by atoms with Gasteiger partial charge in [-0.25, -0.2) is 8.42 Å². The molecule has 104 valence electrons. The number of benzene rings is 1. The van der Waals surface area contributed by atoms with Crippen molar-refractivity contribution in [2.45, 2.75) is 18.9 Å². The molecule has 0 aromatic heterocycles. The van der Waals surface area contributed by atoms with Crippen LogP contribution in [0.3, 0.4) is 0 Å². The van der Waals surface area contributed by atoms with Crippen LogP contribution in [0.15, 0.2) is 24.3 Å². The van der Waals surface area contributed by atoms with Gasteiger partial charge in [0.05, 0.1) is 6.26 Å². The molecule has 1 fully saturated rings. The van der Waals surface area contributed by atoms with E-state index >= 15 is 0 Å². The van der Waals surface area contributed by atoms with Crippen molar-refractivity contribution in [2.75, 3.05) is 18.1 Å². The zero-order valence-corrected chi connectivity index (χ0v) is 12.0. The number of anilines is 1. The molecule has 7 heteroatoms. The second-order valence-electron chi connectivity index (χ2n) is 4.53. The van der Waals surface area contributed by atoms with E-state index in [1.807, 2.05) is 0 Å². The zero-order valence-electron chi connectivity index (χ0n) is 10.5. The van der Waals surface area contributed by atoms with E-state index in [0.717, 1.165) is 6.26 Å². The second kappa shape index (κ2) is 5.48. The molecule has 1 heterocycles. The Hall–Kier alpha value is -1.11. The Morgan fingerprint density at radius 1 is 1.37 bits per heavy atom. The van der Waals surface area contributed by atoms with Gasteiger partial charge in [0.15, 0.2) is 0 Å². The third kappa shape index (κ3) is 3.46. The molecule has 1 amide bonds. The predicted octanol–water partition coefficient (Wildman–Crippen LogP) is 1.70. The van der Waals surface area contributed by atoms with E-state index in [0.29, 0.717) is 30.1 Å². The molecule has 1 atom stereocenters. The molecule has 1 aromatic carbocycles. The Bertz CT molecular complexity index is 571. The van der Waals surface area contributed by atoms with E-state index in [1.165, 1.54) is 4.31 Å². The molecule has 1 saturated heterocycles. The number of halogens is 1. The molecule has 0 aliphatic carbocycles. The third-order valence-corrected chi connectivity index (χ3v) is 4.59. The fraction of sp³-hybridized carbons (Fsp3) is 0.417. The second-order valence-corrected chi connectivity index (χ2v) is 6.90. The Labute approximate surface area is 117 Å². The van der Waals surface area contributed by atoms with Crippen molar-refractivity contribution in [3.8, 4) is 0 Å². The van der Waals surface area contributed by atoms with Crippen molar-refractivity contribution in [3.05, 3.63) is 29.3 Å². The maximum atomic E-state index is 12.1. The predicted molar refractivity (Wildman–Crippen MR) is 74.7 cm³/mol. The molecule has 0 bridgehead atoms. The average Bonchev–Trinajstić information content (AvgIpc) is 2.81. The van der Waals surface area contributed by atoms with Gasteiger partial charge in [-0.1, -0.05) is 11.6 Å². The molecule has 1 aromatic rings. The molecule has 5 nitrogen and oxygen atoms in total. The van der Waals surface area contributed by atoms with Gasteiger partial charge in [0.2, 0.25) is 15.9 Å². The van der Waals surface area contributed by atoms with Crippen LogP contribution in [0.25, 0.3) is 0 Å². The van der Waals surface area contributed by atoms with E-state index < -0.39 is 16.1 Å². The van der Waals surface area contributed by atoms with Gasteiger partial charge >= 0.3 is 0 Å². The number of nitrogens with zero attached hydrogens (tertiary/aromatic N) is 1. The van der Waals surface area contributed by atoms with Gasteiger partial charge in [-0.3, -0.25) is 4.79 Å². The summed E-state index contributed by atoms with van der Waals surface area (Å²) in [4.78, 5) is 12.1. The minimum absolute atomic E-state index is 0.301. The lowest BCUT2D eigenvalue weighted by Gasteiger charge is -2.21. The van der Waals surface area contributed by atoms with Crippen LogP contribution < -0.4 is 5.32 Å². The minimum atomic E-state index is -3.34. The lowest BCUT2D eigenvalue weighted by Crippen LogP contribution is -2.42. The molecule has 1 aliphatic heterocycles. The minimum Gasteiger partial charge on any atom is -0.325 e. The van der Waals surface area contributed by atoms with Crippen molar-refractivity contribution in [1.82, 2.24) is 4.31 Å². The van der Waals surface area contributed by atoms with Gasteiger partial charge in [0, 0.05) is 17.3 Å². The first-order valence-electron chi connectivity index (χ1n) is 5.91. The highest BCUT2D eigenvalue weighted by Crippen LogP contribution is 2.22. The van der Waals surface area contributed by atoms with Crippen molar-refractivity contribution >= 4 is 33.2 Å². The fourth-order valence-corrected chi connectivity index (χ4v) is 3.41. The molecule has 0 saturated carbocycles. The SMILES string of the molecule is CS(=O)(=O)N1CCCC1C(=O)Nc1ccc(Cl)cc1. The van der Waals surface area contributed by atoms with Crippen molar-refractivity contribution in [2.24, 2.45) is 0 Å². The molecule has 1 aliphatic rings. The number of carbonyl (C=O) groups excluding carboxylic acids is 1. The summed E-state index contributed by atoms with van der Waals surface area (Å²) in [7, 11) is -3.34. The van der Waals surface area contributed by atoms with E-state index in [4.69, 9.17) is 11.6 Å². The molecule has 0 radical (unpaired) electrons. The molecule has 0 spiro atoms. The zero-order chi connectivity index (χ0) is 14.0. The topological polar surface area (TPSA) is 66.5 Å². The van der Waals surface area contributed by atoms with Crippen LogP contribution in [-0.2, 0) is 14.8 Å². The largest absolute Gasteiger partial charge is 0.325 e. The van der Waals surface area contributed by atoms with Gasteiger partial charge < -0.3 is 5.32 Å². The highest BCUT2D eigenvalue weighted by atomic mass is 35.5. The first kappa shape index (κ1) is 14.3. The Morgan fingerprint density at radius 2 is 2.00 bits per heavy atom. The molecular weight excluding hydrogens is 288 g/mol. The maximum absolute atomic E-state index is 12.1. The number of amides is 1. The molecular formula is C12H15ClN2O3S. The smallest absolute Gasteiger partial charge is 0.242 e. The summed E-state index contributed by atoms with van der Waals surface area (Å²) in [6, 6.07) is 6.07. The average molecular weight is 303 g/mol. The van der Waals surface area contributed by atoms with Crippen LogP contribution in [0, 0.1) is 0 Å². The number of hydrogen-bond donors (Lipinski definition) is 1. The van der Waals surface area contributed by atoms with E-state index in [1.54, 1.807) is 24.3 Å². The maximum Gasteiger partial charge on any atom is 0.242 e. The summed E-state index contributed by atoms with van der Waals surface area (Å²) in [6.45, 7) is 0.400. The van der Waals surface area contributed by atoms with Crippen molar-refractivity contribution in [1.29, 1.82) is 0 Å². The van der Waals surface area contributed by atoms with E-state index in [-0.39, 0.29) is 5.91 Å². The normalized spacial score (nSPS) is 20.4. The van der Waals surface area contributed by atoms with E-state index in [9.17, 15) is 13.2 Å². The monoisotopic (exact) mass is 302 g/mol. The summed E-state index contributed by atoms with van der Waals surface area (Å²) in [6.07, 6.45) is 2.37. The van der Waals surface area contributed by atoms with Gasteiger partial charge in [0.1, 0.15) is 6.04 Å². The number of rotatable bonds is 3. The van der Waals surface area contributed by atoms with E-state index in [2.05, 4.69) is 5.32 Å². The number of hydrogen-bond acceptors (Lipinski definition) is 3. The van der Waals surface area contributed by atoms with Crippen LogP contribution in [0.5, 0.6) is 0 Å². The van der Waals surface area contributed by atoms with Crippen LogP contribution in [-0.4, -0.2) is 37.5 Å². The number of carbonyl (C=O) groups is 1. The molecule has 1 unspecified atom stereocenters. The highest BCUT2D eigenvalue weighted by molar-refractivity contribution is 7.88. The first-order valence-corrected chi connectivity index (χ1v) is 8.14. The lowest BCUT2D eigenvalue weighted by molar-refractivity contribution is -0.119. The summed E-state index contributed by atoms with van der Waals surface area (Å²) in [5.41, 5.74) is 0.606. The standard InChI is InChI=1S/C12H15ClN2O3S/c1-19(17,18)15-8-2-3-11(15)12(16)14-10-6-4-9(13)5-7-10/h4-7,11H,2-3,8H2,1H3,(H,14,16). The van der Waals surface area contributed by atoms with Crippen molar-refractivity contribution in [3.63, 3.8) is 0 Å². The van der Waals surface area contributed by atoms with Gasteiger partial charge in [-0.05, 0) is 37.1 Å². The summed E-state index contributed by atoms with van der Waals surface area (Å²) in [5, 5.41) is 3.29. The van der Waals surface area contributed by atoms with Gasteiger partial charge in [-0.2, -0.15) is 4.31 Å². The quantitative estimate of drug-likeness (QED) is 0.924. The lowest BCUT2D eigenvalue weighted by atomic mass is 10.2. The Balaban J connectivity index is 2.09. The van der Waals surface area contributed by atoms with Crippen LogP contribution in [0.2, 0.25) is 5.02 Å². The summed E-state index contributed by atoms with van der Waals surface area (Å²) >= 11 is 5.76.